The number of pyridine rings is 1. The molecule has 0 radical (unpaired) electrons. The van der Waals surface area contributed by atoms with Gasteiger partial charge in [0.25, 0.3) is 0 Å². The number of aromatic nitrogens is 1. The topological polar surface area (TPSA) is 31.4 Å². The third-order valence-corrected chi connectivity index (χ3v) is 3.73. The molecule has 0 atom stereocenters. The Hall–Kier alpha value is -1.13. The van der Waals surface area contributed by atoms with Crippen molar-refractivity contribution in [3.63, 3.8) is 0 Å². The van der Waals surface area contributed by atoms with E-state index in [1.54, 1.807) is 0 Å². The second-order valence-corrected chi connectivity index (χ2v) is 5.97. The van der Waals surface area contributed by atoms with Gasteiger partial charge in [-0.15, -0.1) is 0 Å². The zero-order valence-electron chi connectivity index (χ0n) is 12.9. The molecule has 0 saturated carbocycles. The van der Waals surface area contributed by atoms with Crippen molar-refractivity contribution in [2.24, 2.45) is 5.92 Å². The average Bonchev–Trinajstić information content (AvgIpc) is 2.48. The summed E-state index contributed by atoms with van der Waals surface area (Å²) in [6.07, 6.45) is 3.12. The third-order valence-electron chi connectivity index (χ3n) is 3.73. The first-order chi connectivity index (χ1) is 9.75. The summed E-state index contributed by atoms with van der Waals surface area (Å²) in [6.45, 7) is 12.5. The van der Waals surface area contributed by atoms with Gasteiger partial charge in [-0.25, -0.2) is 4.98 Å². The summed E-state index contributed by atoms with van der Waals surface area (Å²) in [6, 6.07) is 6.14. The molecule has 0 aromatic carbocycles. The van der Waals surface area contributed by atoms with Gasteiger partial charge in [0.2, 0.25) is 0 Å². The molecule has 1 saturated heterocycles. The normalized spacial score (nSPS) is 16.9. The van der Waals surface area contributed by atoms with Crippen LogP contribution < -0.4 is 10.2 Å². The third kappa shape index (κ3) is 5.10. The van der Waals surface area contributed by atoms with Crippen molar-refractivity contribution >= 4 is 5.82 Å². The van der Waals surface area contributed by atoms with E-state index in [1.807, 2.05) is 12.3 Å². The maximum atomic E-state index is 4.43. The number of piperazine rings is 1. The van der Waals surface area contributed by atoms with Crippen LogP contribution in [-0.4, -0.2) is 55.7 Å². The van der Waals surface area contributed by atoms with E-state index in [4.69, 9.17) is 0 Å². The summed E-state index contributed by atoms with van der Waals surface area (Å²) in [5, 5.41) is 3.51. The van der Waals surface area contributed by atoms with Crippen molar-refractivity contribution in [2.45, 2.75) is 20.3 Å². The molecule has 0 unspecified atom stereocenters. The van der Waals surface area contributed by atoms with Gasteiger partial charge in [-0.1, -0.05) is 19.9 Å². The van der Waals surface area contributed by atoms with Gasteiger partial charge < -0.3 is 10.2 Å². The highest BCUT2D eigenvalue weighted by atomic mass is 15.3. The van der Waals surface area contributed by atoms with Crippen LogP contribution in [0.15, 0.2) is 24.4 Å². The van der Waals surface area contributed by atoms with Crippen LogP contribution in [0.4, 0.5) is 5.82 Å². The number of hydrogen-bond acceptors (Lipinski definition) is 4. The van der Waals surface area contributed by atoms with Crippen LogP contribution >= 0.6 is 0 Å². The molecule has 1 aliphatic heterocycles. The molecule has 0 bridgehead atoms. The summed E-state index contributed by atoms with van der Waals surface area (Å²) < 4.78 is 0. The van der Waals surface area contributed by atoms with E-state index in [0.717, 1.165) is 51.0 Å². The minimum Gasteiger partial charge on any atom is -0.354 e. The first kappa shape index (κ1) is 15.3. The Kier molecular flexibility index (Phi) is 6.27. The Morgan fingerprint density at radius 3 is 2.65 bits per heavy atom. The standard InChI is InChI=1S/C16H28N4/c1-15(2)14-17-7-5-9-19-10-12-20(13-11-19)16-6-3-4-8-18-16/h3-4,6,8,15,17H,5,7,9-14H2,1-2H3. The monoisotopic (exact) mass is 276 g/mol. The molecular formula is C16H28N4. The van der Waals surface area contributed by atoms with E-state index >= 15 is 0 Å². The molecule has 112 valence electrons. The summed E-state index contributed by atoms with van der Waals surface area (Å²) >= 11 is 0. The van der Waals surface area contributed by atoms with Crippen LogP contribution in [0.5, 0.6) is 0 Å². The van der Waals surface area contributed by atoms with Crippen molar-refractivity contribution in [3.05, 3.63) is 24.4 Å². The molecule has 2 heterocycles. The van der Waals surface area contributed by atoms with E-state index < -0.39 is 0 Å². The fourth-order valence-corrected chi connectivity index (χ4v) is 2.56. The smallest absolute Gasteiger partial charge is 0.128 e. The first-order valence-corrected chi connectivity index (χ1v) is 7.85. The second kappa shape index (κ2) is 8.22. The Labute approximate surface area is 123 Å². The number of rotatable bonds is 7. The van der Waals surface area contributed by atoms with E-state index in [0.29, 0.717) is 0 Å². The van der Waals surface area contributed by atoms with Crippen molar-refractivity contribution in [3.8, 4) is 0 Å². The fourth-order valence-electron chi connectivity index (χ4n) is 2.56. The molecule has 1 aromatic heterocycles. The van der Waals surface area contributed by atoms with Crippen LogP contribution in [0.25, 0.3) is 0 Å². The number of hydrogen-bond donors (Lipinski definition) is 1. The lowest BCUT2D eigenvalue weighted by molar-refractivity contribution is 0.253. The van der Waals surface area contributed by atoms with Crippen molar-refractivity contribution < 1.29 is 0 Å². The predicted molar refractivity (Wildman–Crippen MR) is 85.2 cm³/mol. The van der Waals surface area contributed by atoms with Crippen LogP contribution in [0.3, 0.4) is 0 Å². The summed E-state index contributed by atoms with van der Waals surface area (Å²) in [4.78, 5) is 9.38. The van der Waals surface area contributed by atoms with E-state index in [1.165, 1.54) is 13.0 Å². The van der Waals surface area contributed by atoms with Gasteiger partial charge in [0.15, 0.2) is 0 Å². The highest BCUT2D eigenvalue weighted by Gasteiger charge is 2.16. The Balaban J connectivity index is 1.60. The largest absolute Gasteiger partial charge is 0.354 e. The van der Waals surface area contributed by atoms with Gasteiger partial charge in [-0.05, 0) is 44.1 Å². The van der Waals surface area contributed by atoms with Crippen molar-refractivity contribution in [1.82, 2.24) is 15.2 Å². The van der Waals surface area contributed by atoms with Crippen LogP contribution in [0, 0.1) is 5.92 Å². The van der Waals surface area contributed by atoms with Gasteiger partial charge in [0.1, 0.15) is 5.82 Å². The molecule has 0 amide bonds. The Morgan fingerprint density at radius 2 is 2.00 bits per heavy atom. The summed E-state index contributed by atoms with van der Waals surface area (Å²) in [5.41, 5.74) is 0. The molecule has 20 heavy (non-hydrogen) atoms. The minimum absolute atomic E-state index is 0.747. The highest BCUT2D eigenvalue weighted by Crippen LogP contribution is 2.12. The molecule has 1 aliphatic rings. The van der Waals surface area contributed by atoms with Gasteiger partial charge in [0, 0.05) is 32.4 Å². The Morgan fingerprint density at radius 1 is 1.20 bits per heavy atom. The van der Waals surface area contributed by atoms with Gasteiger partial charge in [-0.2, -0.15) is 0 Å². The van der Waals surface area contributed by atoms with Gasteiger partial charge in [0.05, 0.1) is 0 Å². The lowest BCUT2D eigenvalue weighted by atomic mass is 10.2. The zero-order valence-corrected chi connectivity index (χ0v) is 12.9. The molecule has 1 fully saturated rings. The minimum atomic E-state index is 0.747. The van der Waals surface area contributed by atoms with Gasteiger partial charge in [-0.3, -0.25) is 4.90 Å². The fraction of sp³-hybridized carbons (Fsp3) is 0.688. The molecular weight excluding hydrogens is 248 g/mol. The molecule has 0 aliphatic carbocycles. The lowest BCUT2D eigenvalue weighted by Gasteiger charge is -2.35. The van der Waals surface area contributed by atoms with Crippen molar-refractivity contribution in [1.29, 1.82) is 0 Å². The quantitative estimate of drug-likeness (QED) is 0.770. The molecule has 4 nitrogen and oxygen atoms in total. The average molecular weight is 276 g/mol. The predicted octanol–water partition coefficient (Wildman–Crippen LogP) is 1.84. The highest BCUT2D eigenvalue weighted by molar-refractivity contribution is 5.38. The van der Waals surface area contributed by atoms with E-state index in [-0.39, 0.29) is 0 Å². The maximum absolute atomic E-state index is 4.43. The van der Waals surface area contributed by atoms with Crippen LogP contribution in [0.2, 0.25) is 0 Å². The second-order valence-electron chi connectivity index (χ2n) is 5.97. The number of anilines is 1. The van der Waals surface area contributed by atoms with Crippen molar-refractivity contribution in [2.75, 3.05) is 50.7 Å². The molecule has 2 rings (SSSR count). The maximum Gasteiger partial charge on any atom is 0.128 e. The Bertz CT molecular complexity index is 358. The van der Waals surface area contributed by atoms with E-state index in [9.17, 15) is 0 Å². The molecule has 1 aromatic rings. The summed E-state index contributed by atoms with van der Waals surface area (Å²) in [7, 11) is 0. The molecule has 0 spiro atoms. The first-order valence-electron chi connectivity index (χ1n) is 7.85. The lowest BCUT2D eigenvalue weighted by Crippen LogP contribution is -2.47. The van der Waals surface area contributed by atoms with E-state index in [2.05, 4.69) is 46.1 Å². The zero-order chi connectivity index (χ0) is 14.2. The number of nitrogens with zero attached hydrogens (tertiary/aromatic N) is 3. The molecule has 1 N–H and O–H groups in total. The summed E-state index contributed by atoms with van der Waals surface area (Å²) in [5.74, 6) is 1.86. The van der Waals surface area contributed by atoms with Crippen LogP contribution in [0.1, 0.15) is 20.3 Å². The molecule has 4 heteroatoms. The number of nitrogens with one attached hydrogen (secondary N) is 1. The SMILES string of the molecule is CC(C)CNCCCN1CCN(c2ccccn2)CC1. The van der Waals surface area contributed by atoms with Gasteiger partial charge >= 0.3 is 0 Å². The van der Waals surface area contributed by atoms with Crippen LogP contribution in [-0.2, 0) is 0 Å².